The number of methoxy groups -OCH3 is 2. The van der Waals surface area contributed by atoms with Gasteiger partial charge in [0.2, 0.25) is 0 Å². The van der Waals surface area contributed by atoms with Gasteiger partial charge < -0.3 is 14.2 Å². The molecule has 0 fully saturated rings. The van der Waals surface area contributed by atoms with Crippen LogP contribution in [0, 0.1) is 13.8 Å². The third-order valence-electron chi connectivity index (χ3n) is 3.58. The Morgan fingerprint density at radius 1 is 1.04 bits per heavy atom. The Hall–Kier alpha value is -3.02. The fraction of sp³-hybridized carbons (Fsp3) is 0.263. The van der Waals surface area contributed by atoms with Gasteiger partial charge in [-0.2, -0.15) is 5.10 Å². The molecule has 6 nitrogen and oxygen atoms in total. The molecular formula is C19H22N2O4. The minimum absolute atomic E-state index is 0.113. The summed E-state index contributed by atoms with van der Waals surface area (Å²) in [5.41, 5.74) is 5.10. The van der Waals surface area contributed by atoms with E-state index in [0.717, 1.165) is 16.9 Å². The van der Waals surface area contributed by atoms with Crippen molar-refractivity contribution >= 4 is 12.1 Å². The lowest BCUT2D eigenvalue weighted by atomic mass is 10.1. The number of amides is 1. The fourth-order valence-corrected chi connectivity index (χ4v) is 2.38. The zero-order chi connectivity index (χ0) is 18.2. The molecular weight excluding hydrogens is 320 g/mol. The predicted octanol–water partition coefficient (Wildman–Crippen LogP) is 2.85. The molecule has 0 spiro atoms. The van der Waals surface area contributed by atoms with E-state index in [-0.39, 0.29) is 12.5 Å². The van der Waals surface area contributed by atoms with E-state index in [2.05, 4.69) is 10.5 Å². The van der Waals surface area contributed by atoms with E-state index in [1.165, 1.54) is 6.21 Å². The van der Waals surface area contributed by atoms with Crippen molar-refractivity contribution in [3.05, 3.63) is 53.1 Å². The Bertz CT molecular complexity index is 752. The van der Waals surface area contributed by atoms with Crippen molar-refractivity contribution < 1.29 is 19.0 Å². The standard InChI is InChI=1S/C19H22N2O4/c1-13-7-5-8-14(2)18(13)25-12-17(22)21-20-11-15-9-6-10-16(23-3)19(15)24-4/h5-11H,12H2,1-4H3,(H,21,22)/b20-11-. The minimum Gasteiger partial charge on any atom is -0.493 e. The number of nitrogens with zero attached hydrogens (tertiary/aromatic N) is 1. The number of para-hydroxylation sites is 2. The Balaban J connectivity index is 1.95. The molecule has 2 rings (SSSR count). The van der Waals surface area contributed by atoms with Gasteiger partial charge in [-0.25, -0.2) is 5.43 Å². The lowest BCUT2D eigenvalue weighted by molar-refractivity contribution is -0.123. The highest BCUT2D eigenvalue weighted by molar-refractivity contribution is 5.86. The zero-order valence-corrected chi connectivity index (χ0v) is 14.8. The largest absolute Gasteiger partial charge is 0.493 e. The molecule has 2 aromatic rings. The van der Waals surface area contributed by atoms with E-state index >= 15 is 0 Å². The zero-order valence-electron chi connectivity index (χ0n) is 14.8. The average molecular weight is 342 g/mol. The maximum Gasteiger partial charge on any atom is 0.277 e. The van der Waals surface area contributed by atoms with E-state index in [4.69, 9.17) is 14.2 Å². The first-order chi connectivity index (χ1) is 12.1. The molecule has 1 amide bonds. The molecule has 0 radical (unpaired) electrons. The number of hydrogen-bond acceptors (Lipinski definition) is 5. The van der Waals surface area contributed by atoms with Crippen LogP contribution >= 0.6 is 0 Å². The second-order valence-corrected chi connectivity index (χ2v) is 5.39. The van der Waals surface area contributed by atoms with Crippen molar-refractivity contribution in [3.63, 3.8) is 0 Å². The van der Waals surface area contributed by atoms with Gasteiger partial charge in [-0.1, -0.05) is 24.3 Å². The van der Waals surface area contributed by atoms with Crippen LogP contribution < -0.4 is 19.6 Å². The van der Waals surface area contributed by atoms with Gasteiger partial charge in [0.1, 0.15) is 5.75 Å². The maximum absolute atomic E-state index is 11.9. The molecule has 25 heavy (non-hydrogen) atoms. The summed E-state index contributed by atoms with van der Waals surface area (Å²) in [6.07, 6.45) is 1.50. The Morgan fingerprint density at radius 2 is 1.72 bits per heavy atom. The van der Waals surface area contributed by atoms with Crippen molar-refractivity contribution in [1.29, 1.82) is 0 Å². The number of carbonyl (C=O) groups is 1. The van der Waals surface area contributed by atoms with Gasteiger partial charge in [0, 0.05) is 5.56 Å². The van der Waals surface area contributed by atoms with Crippen LogP contribution in [0.1, 0.15) is 16.7 Å². The molecule has 0 heterocycles. The Kier molecular flexibility index (Phi) is 6.39. The normalized spacial score (nSPS) is 10.6. The lowest BCUT2D eigenvalue weighted by Crippen LogP contribution is -2.25. The van der Waals surface area contributed by atoms with Crippen molar-refractivity contribution in [2.75, 3.05) is 20.8 Å². The molecule has 132 valence electrons. The molecule has 2 aromatic carbocycles. The van der Waals surface area contributed by atoms with Crippen LogP contribution in [0.5, 0.6) is 17.2 Å². The summed E-state index contributed by atoms with van der Waals surface area (Å²) >= 11 is 0. The van der Waals surface area contributed by atoms with Crippen molar-refractivity contribution in [2.24, 2.45) is 5.10 Å². The number of rotatable bonds is 7. The van der Waals surface area contributed by atoms with Crippen molar-refractivity contribution in [3.8, 4) is 17.2 Å². The summed E-state index contributed by atoms with van der Waals surface area (Å²) < 4.78 is 16.1. The summed E-state index contributed by atoms with van der Waals surface area (Å²) in [5, 5.41) is 3.94. The predicted molar refractivity (Wildman–Crippen MR) is 96.7 cm³/mol. The number of benzene rings is 2. The van der Waals surface area contributed by atoms with Gasteiger partial charge in [0.25, 0.3) is 5.91 Å². The van der Waals surface area contributed by atoms with Crippen LogP contribution in [-0.4, -0.2) is 32.9 Å². The first-order valence-electron chi connectivity index (χ1n) is 7.78. The van der Waals surface area contributed by atoms with E-state index in [1.54, 1.807) is 20.3 Å². The summed E-state index contributed by atoms with van der Waals surface area (Å²) in [6, 6.07) is 11.2. The highest BCUT2D eigenvalue weighted by Crippen LogP contribution is 2.29. The van der Waals surface area contributed by atoms with Crippen LogP contribution in [0.3, 0.4) is 0 Å². The molecule has 0 aliphatic rings. The molecule has 6 heteroatoms. The van der Waals surface area contributed by atoms with Crippen LogP contribution in [-0.2, 0) is 4.79 Å². The third kappa shape index (κ3) is 4.73. The molecule has 0 aliphatic heterocycles. The molecule has 0 atom stereocenters. The monoisotopic (exact) mass is 342 g/mol. The molecule has 0 unspecified atom stereocenters. The lowest BCUT2D eigenvalue weighted by Gasteiger charge is -2.11. The first kappa shape index (κ1) is 18.3. The number of ether oxygens (including phenoxy) is 3. The molecule has 0 saturated heterocycles. The number of hydrogen-bond donors (Lipinski definition) is 1. The summed E-state index contributed by atoms with van der Waals surface area (Å²) in [6.45, 7) is 3.76. The molecule has 0 saturated carbocycles. The summed E-state index contributed by atoms with van der Waals surface area (Å²) in [5.74, 6) is 1.52. The maximum atomic E-state index is 11.9. The Morgan fingerprint density at radius 3 is 2.36 bits per heavy atom. The van der Waals surface area contributed by atoms with Crippen molar-refractivity contribution in [2.45, 2.75) is 13.8 Å². The van der Waals surface area contributed by atoms with Crippen LogP contribution in [0.25, 0.3) is 0 Å². The fourth-order valence-electron chi connectivity index (χ4n) is 2.38. The summed E-state index contributed by atoms with van der Waals surface area (Å²) in [4.78, 5) is 11.9. The molecule has 0 aromatic heterocycles. The highest BCUT2D eigenvalue weighted by atomic mass is 16.5. The minimum atomic E-state index is -0.347. The van der Waals surface area contributed by atoms with Crippen LogP contribution in [0.15, 0.2) is 41.5 Å². The topological polar surface area (TPSA) is 69.2 Å². The second kappa shape index (κ2) is 8.73. The number of hydrazone groups is 1. The smallest absolute Gasteiger partial charge is 0.277 e. The van der Waals surface area contributed by atoms with Gasteiger partial charge in [-0.3, -0.25) is 4.79 Å². The number of nitrogens with one attached hydrogen (secondary N) is 1. The van der Waals surface area contributed by atoms with Crippen LogP contribution in [0.2, 0.25) is 0 Å². The van der Waals surface area contributed by atoms with E-state index < -0.39 is 0 Å². The first-order valence-corrected chi connectivity index (χ1v) is 7.78. The van der Waals surface area contributed by atoms with Crippen LogP contribution in [0.4, 0.5) is 0 Å². The van der Waals surface area contributed by atoms with Gasteiger partial charge in [0.15, 0.2) is 18.1 Å². The molecule has 1 N–H and O–H groups in total. The average Bonchev–Trinajstić information content (AvgIpc) is 2.61. The quantitative estimate of drug-likeness (QED) is 0.620. The van der Waals surface area contributed by atoms with E-state index in [1.807, 2.05) is 44.2 Å². The SMILES string of the molecule is COc1cccc(/C=N\NC(=O)COc2c(C)cccc2C)c1OC. The van der Waals surface area contributed by atoms with Gasteiger partial charge in [0.05, 0.1) is 20.4 Å². The Labute approximate surface area is 147 Å². The van der Waals surface area contributed by atoms with Gasteiger partial charge >= 0.3 is 0 Å². The highest BCUT2D eigenvalue weighted by Gasteiger charge is 2.08. The van der Waals surface area contributed by atoms with E-state index in [0.29, 0.717) is 17.1 Å². The number of carbonyl (C=O) groups excluding carboxylic acids is 1. The number of aryl methyl sites for hydroxylation is 2. The van der Waals surface area contributed by atoms with E-state index in [9.17, 15) is 4.79 Å². The summed E-state index contributed by atoms with van der Waals surface area (Å²) in [7, 11) is 3.11. The third-order valence-corrected chi connectivity index (χ3v) is 3.58. The van der Waals surface area contributed by atoms with Crippen molar-refractivity contribution in [1.82, 2.24) is 5.43 Å². The molecule has 0 bridgehead atoms. The van der Waals surface area contributed by atoms with Gasteiger partial charge in [-0.05, 0) is 37.1 Å². The molecule has 0 aliphatic carbocycles. The second-order valence-electron chi connectivity index (χ2n) is 5.39. The van der Waals surface area contributed by atoms with Gasteiger partial charge in [-0.15, -0.1) is 0 Å².